The molecule has 0 aliphatic carbocycles. The van der Waals surface area contributed by atoms with Gasteiger partial charge in [0, 0.05) is 51.0 Å². The third kappa shape index (κ3) is 5.16. The van der Waals surface area contributed by atoms with Crippen molar-refractivity contribution in [3.8, 4) is 0 Å². The predicted octanol–water partition coefficient (Wildman–Crippen LogP) is 0.968. The summed E-state index contributed by atoms with van der Waals surface area (Å²) < 4.78 is 0. The zero-order valence-corrected chi connectivity index (χ0v) is 14.6. The lowest BCUT2D eigenvalue weighted by atomic mass is 10.2. The maximum Gasteiger partial charge on any atom is 0.317 e. The van der Waals surface area contributed by atoms with Crippen LogP contribution >= 0.6 is 0 Å². The van der Waals surface area contributed by atoms with Gasteiger partial charge in [-0.15, -0.1) is 0 Å². The minimum Gasteiger partial charge on any atom is -0.352 e. The second-order valence-corrected chi connectivity index (χ2v) is 6.75. The highest BCUT2D eigenvalue weighted by atomic mass is 16.2. The number of hydrogen-bond donors (Lipinski definition) is 2. The van der Waals surface area contributed by atoms with Gasteiger partial charge in [0.25, 0.3) is 0 Å². The third-order valence-electron chi connectivity index (χ3n) is 4.97. The smallest absolute Gasteiger partial charge is 0.317 e. The van der Waals surface area contributed by atoms with Gasteiger partial charge in [-0.25, -0.2) is 4.79 Å². The Morgan fingerprint density at radius 2 is 1.88 bits per heavy atom. The minimum absolute atomic E-state index is 0.0522. The molecule has 0 unspecified atom stereocenters. The van der Waals surface area contributed by atoms with Gasteiger partial charge in [0.2, 0.25) is 5.91 Å². The van der Waals surface area contributed by atoms with E-state index in [2.05, 4.69) is 20.5 Å². The van der Waals surface area contributed by atoms with Crippen LogP contribution in [0.5, 0.6) is 0 Å². The number of nitrogens with zero attached hydrogens (tertiary/aromatic N) is 3. The van der Waals surface area contributed by atoms with Crippen LogP contribution in [-0.4, -0.2) is 65.5 Å². The summed E-state index contributed by atoms with van der Waals surface area (Å²) in [6, 6.07) is 4.19. The first-order valence-corrected chi connectivity index (χ1v) is 9.15. The number of amides is 3. The van der Waals surface area contributed by atoms with Crippen molar-refractivity contribution in [2.75, 3.05) is 32.7 Å². The van der Waals surface area contributed by atoms with Crippen LogP contribution in [0.4, 0.5) is 4.79 Å². The number of pyridine rings is 1. The topological polar surface area (TPSA) is 77.6 Å². The van der Waals surface area contributed by atoms with Crippen LogP contribution in [0.3, 0.4) is 0 Å². The Bertz CT molecular complexity index is 574. The summed E-state index contributed by atoms with van der Waals surface area (Å²) in [4.78, 5) is 32.4. The van der Waals surface area contributed by atoms with E-state index in [1.807, 2.05) is 17.0 Å². The van der Waals surface area contributed by atoms with Crippen molar-refractivity contribution in [2.24, 2.45) is 0 Å². The molecule has 3 heterocycles. The summed E-state index contributed by atoms with van der Waals surface area (Å²) in [6.07, 6.45) is 7.30. The molecule has 1 atom stereocenters. The lowest BCUT2D eigenvalue weighted by Crippen LogP contribution is -2.42. The number of carbonyl (C=O) groups is 2. The van der Waals surface area contributed by atoms with Crippen LogP contribution < -0.4 is 10.6 Å². The highest BCUT2D eigenvalue weighted by Crippen LogP contribution is 2.20. The molecule has 1 aromatic rings. The van der Waals surface area contributed by atoms with Crippen molar-refractivity contribution in [3.63, 3.8) is 0 Å². The second kappa shape index (κ2) is 8.80. The molecular formula is C18H27N5O2. The predicted molar refractivity (Wildman–Crippen MR) is 94.9 cm³/mol. The van der Waals surface area contributed by atoms with E-state index in [1.165, 1.54) is 12.8 Å². The van der Waals surface area contributed by atoms with E-state index in [0.717, 1.165) is 38.2 Å². The molecule has 3 rings (SSSR count). The van der Waals surface area contributed by atoms with Gasteiger partial charge in [0.05, 0.1) is 0 Å². The van der Waals surface area contributed by atoms with E-state index in [0.29, 0.717) is 25.6 Å². The Morgan fingerprint density at radius 3 is 2.64 bits per heavy atom. The molecule has 0 aromatic carbocycles. The van der Waals surface area contributed by atoms with Gasteiger partial charge in [0.15, 0.2) is 0 Å². The van der Waals surface area contributed by atoms with Gasteiger partial charge in [-0.1, -0.05) is 0 Å². The van der Waals surface area contributed by atoms with Gasteiger partial charge < -0.3 is 15.5 Å². The fourth-order valence-corrected chi connectivity index (χ4v) is 3.52. The zero-order chi connectivity index (χ0) is 17.5. The quantitative estimate of drug-likeness (QED) is 0.805. The molecule has 7 nitrogen and oxygen atoms in total. The number of nitrogens with one attached hydrogen (secondary N) is 2. The molecule has 2 fully saturated rings. The van der Waals surface area contributed by atoms with Crippen LogP contribution in [0.25, 0.3) is 0 Å². The van der Waals surface area contributed by atoms with Gasteiger partial charge in [-0.2, -0.15) is 0 Å². The Balaban J connectivity index is 1.30. The molecule has 2 N–H and O–H groups in total. The Morgan fingerprint density at radius 1 is 1.12 bits per heavy atom. The van der Waals surface area contributed by atoms with E-state index in [1.54, 1.807) is 12.4 Å². The lowest BCUT2D eigenvalue weighted by molar-refractivity contribution is -0.121. The molecular weight excluding hydrogens is 318 g/mol. The van der Waals surface area contributed by atoms with Crippen LogP contribution in [-0.2, 0) is 11.3 Å². The van der Waals surface area contributed by atoms with Gasteiger partial charge >= 0.3 is 6.03 Å². The van der Waals surface area contributed by atoms with Crippen LogP contribution in [0.15, 0.2) is 24.5 Å². The Kier molecular flexibility index (Phi) is 6.22. The number of aromatic nitrogens is 1. The first-order chi connectivity index (χ1) is 12.2. The van der Waals surface area contributed by atoms with Crippen molar-refractivity contribution in [3.05, 3.63) is 30.1 Å². The largest absolute Gasteiger partial charge is 0.352 e. The van der Waals surface area contributed by atoms with E-state index in [9.17, 15) is 9.59 Å². The van der Waals surface area contributed by atoms with Crippen LogP contribution in [0, 0.1) is 0 Å². The average molecular weight is 345 g/mol. The van der Waals surface area contributed by atoms with Gasteiger partial charge in [-0.05, 0) is 50.0 Å². The summed E-state index contributed by atoms with van der Waals surface area (Å²) in [5.41, 5.74) is 1.01. The molecule has 2 aliphatic heterocycles. The average Bonchev–Trinajstić information content (AvgIpc) is 3.32. The van der Waals surface area contributed by atoms with E-state index in [-0.39, 0.29) is 11.9 Å². The highest BCUT2D eigenvalue weighted by molar-refractivity contribution is 5.78. The van der Waals surface area contributed by atoms with Crippen LogP contribution in [0.1, 0.15) is 31.2 Å². The maximum atomic E-state index is 12.2. The molecule has 3 amide bonds. The summed E-state index contributed by atoms with van der Waals surface area (Å²) in [5, 5.41) is 5.71. The molecule has 0 spiro atoms. The molecule has 0 radical (unpaired) electrons. The first-order valence-electron chi connectivity index (χ1n) is 9.15. The maximum absolute atomic E-state index is 12.2. The molecule has 136 valence electrons. The van der Waals surface area contributed by atoms with E-state index < -0.39 is 0 Å². The Hall–Kier alpha value is -2.15. The summed E-state index contributed by atoms with van der Waals surface area (Å²) in [6.45, 7) is 4.79. The highest BCUT2D eigenvalue weighted by Gasteiger charge is 2.31. The number of rotatable bonds is 6. The molecule has 25 heavy (non-hydrogen) atoms. The van der Waals surface area contributed by atoms with Crippen molar-refractivity contribution in [1.29, 1.82) is 0 Å². The molecule has 7 heteroatoms. The standard InChI is InChI=1S/C18H27N5O2/c24-17(21-13-15-3-7-19-8-4-15)5-9-20-18(25)23-12-6-16(14-23)22-10-1-2-11-22/h3-4,7-8,16H,1-2,5-6,9-14H2,(H,20,25)(H,21,24)/t16-/m1/s1. The Labute approximate surface area is 148 Å². The third-order valence-corrected chi connectivity index (χ3v) is 4.97. The second-order valence-electron chi connectivity index (χ2n) is 6.75. The SMILES string of the molecule is O=C(CCNC(=O)N1CC[C@@H](N2CCCC2)C1)NCc1ccncc1. The fraction of sp³-hybridized carbons (Fsp3) is 0.611. The molecule has 2 aliphatic rings. The number of urea groups is 1. The fourth-order valence-electron chi connectivity index (χ4n) is 3.52. The summed E-state index contributed by atoms with van der Waals surface area (Å²) >= 11 is 0. The molecule has 2 saturated heterocycles. The van der Waals surface area contributed by atoms with E-state index >= 15 is 0 Å². The van der Waals surface area contributed by atoms with Gasteiger partial charge in [-0.3, -0.25) is 14.7 Å². The summed E-state index contributed by atoms with van der Waals surface area (Å²) in [5.74, 6) is -0.0616. The van der Waals surface area contributed by atoms with Crippen LogP contribution in [0.2, 0.25) is 0 Å². The molecule has 0 bridgehead atoms. The number of carbonyl (C=O) groups excluding carboxylic acids is 2. The van der Waals surface area contributed by atoms with Crippen molar-refractivity contribution in [1.82, 2.24) is 25.4 Å². The number of likely N-dealkylation sites (tertiary alicyclic amines) is 2. The van der Waals surface area contributed by atoms with E-state index in [4.69, 9.17) is 0 Å². The van der Waals surface area contributed by atoms with Crippen molar-refractivity contribution >= 4 is 11.9 Å². The first kappa shape index (κ1) is 17.7. The molecule has 0 saturated carbocycles. The zero-order valence-electron chi connectivity index (χ0n) is 14.6. The van der Waals surface area contributed by atoms with Crippen molar-refractivity contribution < 1.29 is 9.59 Å². The normalized spacial score (nSPS) is 20.6. The number of hydrogen-bond acceptors (Lipinski definition) is 4. The summed E-state index contributed by atoms with van der Waals surface area (Å²) in [7, 11) is 0. The van der Waals surface area contributed by atoms with Crippen molar-refractivity contribution in [2.45, 2.75) is 38.3 Å². The molecule has 1 aromatic heterocycles. The van der Waals surface area contributed by atoms with Gasteiger partial charge in [0.1, 0.15) is 0 Å². The minimum atomic E-state index is -0.0616. The monoisotopic (exact) mass is 345 g/mol. The lowest BCUT2D eigenvalue weighted by Gasteiger charge is -2.23.